The van der Waals surface area contributed by atoms with Gasteiger partial charge in [0.15, 0.2) is 5.82 Å². The number of nitrogens with one attached hydrogen (secondary N) is 1. The van der Waals surface area contributed by atoms with E-state index in [0.29, 0.717) is 36.0 Å². The minimum atomic E-state index is -4.17. The Hall–Kier alpha value is -5.88. The van der Waals surface area contributed by atoms with Crippen LogP contribution < -0.4 is 24.7 Å². The smallest absolute Gasteiger partial charge is 0.408 e. The predicted molar refractivity (Wildman–Crippen MR) is 221 cm³/mol. The Kier molecular flexibility index (Phi) is 12.0. The van der Waals surface area contributed by atoms with Crippen LogP contribution in [0.1, 0.15) is 56.6 Å². The van der Waals surface area contributed by atoms with Crippen molar-refractivity contribution in [3.8, 4) is 17.2 Å². The highest BCUT2D eigenvalue weighted by molar-refractivity contribution is 7.93. The molecule has 2 heterocycles. The number of ether oxygens (including phenoxy) is 3. The van der Waals surface area contributed by atoms with Gasteiger partial charge < -0.3 is 19.5 Å². The van der Waals surface area contributed by atoms with Gasteiger partial charge in [-0.1, -0.05) is 23.7 Å². The van der Waals surface area contributed by atoms with Crippen LogP contribution in [0.2, 0.25) is 5.02 Å². The normalized spacial score (nSPS) is 13.8. The van der Waals surface area contributed by atoms with Gasteiger partial charge in [-0.3, -0.25) is 14.0 Å². The first kappa shape index (κ1) is 43.2. The van der Waals surface area contributed by atoms with Crippen LogP contribution in [0.3, 0.4) is 0 Å². The lowest BCUT2D eigenvalue weighted by molar-refractivity contribution is 0.0500. The van der Waals surface area contributed by atoms with Gasteiger partial charge >= 0.3 is 6.09 Å². The summed E-state index contributed by atoms with van der Waals surface area (Å²) in [7, 11) is -1.28. The lowest BCUT2D eigenvalue weighted by atomic mass is 10.0. The average molecular weight is 885 g/mol. The standard InChI is InChI=1S/C42H41ClF4N6O7S/c1-42(2,3)60-41(55)49-33(18-24-16-25(44)19-26(45)17-24)38-48-32-20-28(59-5)10-13-30(32)40(54)53(38)34-15-14-31(43)36-37(34)51(22-35(46)47)50-39(36)52(61(56,57)29-11-12-29)21-23-6-8-27(58-4)9-7-23/h6-10,13-17,19-20,29,33,35H,11-12,18,21-22H2,1-5H3,(H,49,55). The predicted octanol–water partition coefficient (Wildman–Crippen LogP) is 8.26. The first-order chi connectivity index (χ1) is 28.9. The topological polar surface area (TPSA) is 147 Å². The van der Waals surface area contributed by atoms with E-state index in [0.717, 1.165) is 25.7 Å². The van der Waals surface area contributed by atoms with Gasteiger partial charge in [-0.15, -0.1) is 0 Å². The Labute approximate surface area is 352 Å². The van der Waals surface area contributed by atoms with Crippen LogP contribution in [0.5, 0.6) is 11.5 Å². The van der Waals surface area contributed by atoms with Gasteiger partial charge in [-0.2, -0.15) is 5.10 Å². The number of carbonyl (C=O) groups excluding carboxylic acids is 1. The van der Waals surface area contributed by atoms with Gasteiger partial charge in [0.05, 0.1) is 64.6 Å². The van der Waals surface area contributed by atoms with Crippen LogP contribution >= 0.6 is 11.6 Å². The zero-order valence-corrected chi connectivity index (χ0v) is 35.2. The molecular formula is C42H41ClF4N6O7S. The number of carbonyl (C=O) groups is 1. The van der Waals surface area contributed by atoms with Gasteiger partial charge in [0.1, 0.15) is 41.1 Å². The number of alkyl halides is 2. The molecule has 1 amide bonds. The number of hydrogen-bond acceptors (Lipinski definition) is 9. The van der Waals surface area contributed by atoms with Crippen molar-refractivity contribution in [1.82, 2.24) is 24.6 Å². The number of fused-ring (bicyclic) bond motifs is 2. The summed E-state index contributed by atoms with van der Waals surface area (Å²) in [6.45, 7) is 3.53. The molecule has 4 aromatic carbocycles. The van der Waals surface area contributed by atoms with Crippen molar-refractivity contribution < 1.29 is 45.0 Å². The quantitative estimate of drug-likeness (QED) is 0.107. The Bertz CT molecular complexity index is 2790. The SMILES string of the molecule is COc1ccc(CN(c2nn(CC(F)F)c3c(-n4c(C(Cc5cc(F)cc(F)c5)NC(=O)OC(C)(C)C)nc5cc(OC)ccc5c4=O)ccc(Cl)c23)S(=O)(=O)C2CC2)cc1. The lowest BCUT2D eigenvalue weighted by Crippen LogP contribution is -2.39. The fraction of sp³-hybridized carbons (Fsp3) is 0.333. The molecule has 1 N–H and O–H groups in total. The van der Waals surface area contributed by atoms with Gasteiger partial charge in [-0.25, -0.2) is 40.1 Å². The Morgan fingerprint density at radius 1 is 0.951 bits per heavy atom. The Balaban J connectivity index is 1.53. The maximum Gasteiger partial charge on any atom is 0.408 e. The second-order valence-corrected chi connectivity index (χ2v) is 18.0. The number of sulfonamides is 1. The third kappa shape index (κ3) is 9.24. The first-order valence-corrected chi connectivity index (χ1v) is 20.9. The first-order valence-electron chi connectivity index (χ1n) is 19.0. The number of benzene rings is 4. The van der Waals surface area contributed by atoms with E-state index in [2.05, 4.69) is 10.4 Å². The molecule has 2 aromatic heterocycles. The third-order valence-corrected chi connectivity index (χ3v) is 12.3. The fourth-order valence-electron chi connectivity index (χ4n) is 6.99. The Morgan fingerprint density at radius 3 is 2.21 bits per heavy atom. The summed E-state index contributed by atoms with van der Waals surface area (Å²) in [6, 6.07) is 15.1. The van der Waals surface area contributed by atoms with E-state index in [9.17, 15) is 35.6 Å². The maximum absolute atomic E-state index is 15.0. The van der Waals surface area contributed by atoms with Gasteiger partial charge in [0.25, 0.3) is 12.0 Å². The van der Waals surface area contributed by atoms with Gasteiger partial charge in [0, 0.05) is 18.6 Å². The van der Waals surface area contributed by atoms with E-state index >= 15 is 0 Å². The highest BCUT2D eigenvalue weighted by Crippen LogP contribution is 2.42. The molecule has 0 bridgehead atoms. The van der Waals surface area contributed by atoms with Crippen LogP contribution in [0.15, 0.2) is 77.6 Å². The minimum absolute atomic E-state index is 0.0260. The zero-order valence-electron chi connectivity index (χ0n) is 33.6. The number of alkyl carbamates (subject to hydrolysis) is 1. The van der Waals surface area contributed by atoms with Gasteiger partial charge in [-0.05, 0) is 93.3 Å². The van der Waals surface area contributed by atoms with Crippen LogP contribution in [0.25, 0.3) is 27.5 Å². The summed E-state index contributed by atoms with van der Waals surface area (Å²) in [6.07, 6.45) is -3.64. The molecule has 0 saturated heterocycles. The van der Waals surface area contributed by atoms with E-state index < -0.39 is 63.2 Å². The fourth-order valence-corrected chi connectivity index (χ4v) is 9.01. The molecule has 19 heteroatoms. The molecule has 1 saturated carbocycles. The molecule has 0 aliphatic heterocycles. The molecule has 61 heavy (non-hydrogen) atoms. The molecule has 322 valence electrons. The molecule has 0 spiro atoms. The second kappa shape index (κ2) is 16.9. The van der Waals surface area contributed by atoms with E-state index in [4.69, 9.17) is 30.8 Å². The molecule has 1 atom stereocenters. The molecular weight excluding hydrogens is 844 g/mol. The highest BCUT2D eigenvalue weighted by Gasteiger charge is 2.42. The molecule has 1 fully saturated rings. The van der Waals surface area contributed by atoms with Crippen molar-refractivity contribution >= 4 is 55.3 Å². The second-order valence-electron chi connectivity index (χ2n) is 15.5. The van der Waals surface area contributed by atoms with Gasteiger partial charge in [0.2, 0.25) is 10.0 Å². The summed E-state index contributed by atoms with van der Waals surface area (Å²) < 4.78 is 106. The molecule has 0 radical (unpaired) electrons. The molecule has 13 nitrogen and oxygen atoms in total. The van der Waals surface area contributed by atoms with E-state index in [-0.39, 0.29) is 62.7 Å². The molecule has 1 unspecified atom stereocenters. The van der Waals surface area contributed by atoms with Crippen molar-refractivity contribution in [3.63, 3.8) is 0 Å². The van der Waals surface area contributed by atoms with E-state index in [1.54, 1.807) is 45.0 Å². The van der Waals surface area contributed by atoms with Crippen LogP contribution in [0, 0.1) is 11.6 Å². The largest absolute Gasteiger partial charge is 0.497 e. The average Bonchev–Trinajstić information content (AvgIpc) is 3.99. The van der Waals surface area contributed by atoms with Crippen molar-refractivity contribution in [1.29, 1.82) is 0 Å². The molecule has 7 rings (SSSR count). The van der Waals surface area contributed by atoms with Crippen LogP contribution in [0.4, 0.5) is 28.2 Å². The number of nitrogens with zero attached hydrogens (tertiary/aromatic N) is 5. The number of methoxy groups -OCH3 is 2. The summed E-state index contributed by atoms with van der Waals surface area (Å²) in [5.74, 6) is -1.49. The number of amides is 1. The number of hydrogen-bond donors (Lipinski definition) is 1. The number of aromatic nitrogens is 4. The third-order valence-electron chi connectivity index (χ3n) is 9.80. The maximum atomic E-state index is 15.0. The van der Waals surface area contributed by atoms with Crippen molar-refractivity contribution in [2.24, 2.45) is 0 Å². The highest BCUT2D eigenvalue weighted by atomic mass is 35.5. The van der Waals surface area contributed by atoms with Crippen molar-refractivity contribution in [2.45, 2.75) is 76.4 Å². The molecule has 6 aromatic rings. The van der Waals surface area contributed by atoms with Crippen LogP contribution in [-0.4, -0.2) is 65.3 Å². The number of anilines is 1. The molecule has 1 aliphatic rings. The Morgan fingerprint density at radius 2 is 1.61 bits per heavy atom. The monoisotopic (exact) mass is 884 g/mol. The van der Waals surface area contributed by atoms with E-state index in [1.807, 2.05) is 0 Å². The molecule has 1 aliphatic carbocycles. The summed E-state index contributed by atoms with van der Waals surface area (Å²) in [5, 5.41) is 6.29. The lowest BCUT2D eigenvalue weighted by Gasteiger charge is -2.26. The number of halogens is 5. The summed E-state index contributed by atoms with van der Waals surface area (Å²) in [4.78, 5) is 33.3. The van der Waals surface area contributed by atoms with E-state index in [1.165, 1.54) is 44.6 Å². The zero-order chi connectivity index (χ0) is 44.0. The van der Waals surface area contributed by atoms with Crippen molar-refractivity contribution in [2.75, 3.05) is 18.5 Å². The van der Waals surface area contributed by atoms with Crippen molar-refractivity contribution in [3.05, 3.63) is 117 Å². The van der Waals surface area contributed by atoms with Crippen LogP contribution in [-0.2, 0) is 34.3 Å². The summed E-state index contributed by atoms with van der Waals surface area (Å²) >= 11 is 6.90. The number of rotatable bonds is 14. The summed E-state index contributed by atoms with van der Waals surface area (Å²) in [5.41, 5.74) is -1.41. The minimum Gasteiger partial charge on any atom is -0.497 e.